The van der Waals surface area contributed by atoms with E-state index in [-0.39, 0.29) is 5.84 Å². The molecule has 0 atom stereocenters. The Kier molecular flexibility index (Phi) is 3.97. The summed E-state index contributed by atoms with van der Waals surface area (Å²) in [6.07, 6.45) is 0. The molecule has 0 saturated carbocycles. The van der Waals surface area contributed by atoms with Crippen LogP contribution in [0, 0.1) is 5.41 Å². The summed E-state index contributed by atoms with van der Waals surface area (Å²) in [7, 11) is 0. The minimum Gasteiger partial charge on any atom is -0.399 e. The van der Waals surface area contributed by atoms with E-state index in [9.17, 15) is 0 Å². The lowest BCUT2D eigenvalue weighted by Gasteiger charge is -2.04. The molecule has 4 aromatic rings. The van der Waals surface area contributed by atoms with Crippen LogP contribution in [0.4, 0.5) is 0 Å². The van der Waals surface area contributed by atoms with Gasteiger partial charge in [0.15, 0.2) is 0 Å². The van der Waals surface area contributed by atoms with E-state index in [4.69, 9.17) is 16.9 Å². The van der Waals surface area contributed by atoms with Gasteiger partial charge in [-0.25, -0.2) is 4.98 Å². The molecule has 4 rings (SSSR count). The van der Waals surface area contributed by atoms with Crippen molar-refractivity contribution in [2.24, 2.45) is 11.5 Å². The molecular weight excluding hydrogens is 334 g/mol. The number of rotatable bonds is 4. The van der Waals surface area contributed by atoms with Crippen LogP contribution in [-0.4, -0.2) is 15.8 Å². The molecule has 27 heavy (non-hydrogen) atoms. The molecule has 0 aliphatic carbocycles. The Bertz CT molecular complexity index is 1150. The number of nitrogens with two attached hydrogens (primary N) is 2. The normalized spacial score (nSPS) is 10.8. The summed E-state index contributed by atoms with van der Waals surface area (Å²) in [5.41, 5.74) is 18.4. The van der Waals surface area contributed by atoms with Crippen LogP contribution in [0.25, 0.3) is 39.2 Å². The maximum Gasteiger partial charge on any atom is 0.138 e. The lowest BCUT2D eigenvalue weighted by atomic mass is 10.0. The van der Waals surface area contributed by atoms with Crippen LogP contribution >= 0.6 is 0 Å². The van der Waals surface area contributed by atoms with Crippen molar-refractivity contribution in [3.05, 3.63) is 84.4 Å². The largest absolute Gasteiger partial charge is 0.399 e. The van der Waals surface area contributed by atoms with Crippen LogP contribution in [0.3, 0.4) is 0 Å². The van der Waals surface area contributed by atoms with Crippen molar-refractivity contribution in [2.45, 2.75) is 0 Å². The molecule has 5 nitrogen and oxygen atoms in total. The molecule has 1 aromatic heterocycles. The third-order valence-electron chi connectivity index (χ3n) is 4.54. The standard InChI is InChI=1S/C22H19N5/c1-13(23)18-10-11-19-20(12-18)27-22(26-19)17-8-4-15(5-9-17)14-2-6-16(7-3-14)21(24)25/h2-12H,1,23H2,(H3,24,25)(H,26,27). The van der Waals surface area contributed by atoms with Crippen molar-refractivity contribution in [2.75, 3.05) is 0 Å². The van der Waals surface area contributed by atoms with Crippen molar-refractivity contribution in [3.8, 4) is 22.5 Å². The van der Waals surface area contributed by atoms with Crippen molar-refractivity contribution < 1.29 is 0 Å². The molecule has 0 radical (unpaired) electrons. The topological polar surface area (TPSA) is 105 Å². The molecule has 0 saturated heterocycles. The van der Waals surface area contributed by atoms with Gasteiger partial charge in [-0.1, -0.05) is 61.2 Å². The maximum atomic E-state index is 7.47. The van der Waals surface area contributed by atoms with E-state index in [1.54, 1.807) is 0 Å². The molecule has 0 aliphatic rings. The van der Waals surface area contributed by atoms with Gasteiger partial charge >= 0.3 is 0 Å². The molecule has 5 heteroatoms. The average molecular weight is 353 g/mol. The minimum atomic E-state index is 0.0724. The Hall–Kier alpha value is -3.86. The van der Waals surface area contributed by atoms with Crippen molar-refractivity contribution in [3.63, 3.8) is 0 Å². The highest BCUT2D eigenvalue weighted by Crippen LogP contribution is 2.26. The van der Waals surface area contributed by atoms with Crippen LogP contribution < -0.4 is 11.5 Å². The first kappa shape index (κ1) is 16.6. The average Bonchev–Trinajstić information content (AvgIpc) is 3.11. The highest BCUT2D eigenvalue weighted by molar-refractivity contribution is 5.95. The Morgan fingerprint density at radius 1 is 0.815 bits per heavy atom. The number of nitrogens with zero attached hydrogens (tertiary/aromatic N) is 1. The van der Waals surface area contributed by atoms with E-state index in [1.165, 1.54) is 0 Å². The molecule has 0 spiro atoms. The van der Waals surface area contributed by atoms with Gasteiger partial charge in [0.2, 0.25) is 0 Å². The van der Waals surface area contributed by atoms with Crippen molar-refractivity contribution in [1.82, 2.24) is 9.97 Å². The van der Waals surface area contributed by atoms with Gasteiger partial charge < -0.3 is 16.5 Å². The first-order chi connectivity index (χ1) is 13.0. The molecule has 0 fully saturated rings. The SMILES string of the molecule is C=C(N)c1ccc2nc(-c3ccc(-c4ccc(C(=N)N)cc4)cc3)[nH]c2c1. The second-order valence-corrected chi connectivity index (χ2v) is 6.41. The van der Waals surface area contributed by atoms with Crippen LogP contribution in [0.5, 0.6) is 0 Å². The zero-order chi connectivity index (χ0) is 19.0. The Morgan fingerprint density at radius 3 is 1.96 bits per heavy atom. The van der Waals surface area contributed by atoms with Crippen LogP contribution in [0.2, 0.25) is 0 Å². The van der Waals surface area contributed by atoms with E-state index < -0.39 is 0 Å². The van der Waals surface area contributed by atoms with Crippen LogP contribution in [-0.2, 0) is 0 Å². The number of hydrogen-bond acceptors (Lipinski definition) is 3. The number of aromatic nitrogens is 2. The highest BCUT2D eigenvalue weighted by Gasteiger charge is 2.07. The monoisotopic (exact) mass is 353 g/mol. The Balaban J connectivity index is 1.64. The zero-order valence-electron chi connectivity index (χ0n) is 14.7. The summed E-state index contributed by atoms with van der Waals surface area (Å²) < 4.78 is 0. The number of benzene rings is 3. The predicted octanol–water partition coefficient (Wildman–Crippen LogP) is 4.11. The predicted molar refractivity (Wildman–Crippen MR) is 111 cm³/mol. The van der Waals surface area contributed by atoms with E-state index in [0.717, 1.165) is 44.7 Å². The van der Waals surface area contributed by atoms with Crippen LogP contribution in [0.1, 0.15) is 11.1 Å². The summed E-state index contributed by atoms with van der Waals surface area (Å²) in [5, 5.41) is 7.47. The van der Waals surface area contributed by atoms with E-state index >= 15 is 0 Å². The molecule has 3 aromatic carbocycles. The molecule has 0 bridgehead atoms. The van der Waals surface area contributed by atoms with Gasteiger partial charge in [-0.3, -0.25) is 5.41 Å². The number of amidine groups is 1. The van der Waals surface area contributed by atoms with Crippen molar-refractivity contribution >= 4 is 22.6 Å². The first-order valence-electron chi connectivity index (χ1n) is 8.51. The summed E-state index contributed by atoms with van der Waals surface area (Å²) in [6, 6.07) is 21.6. The number of nitrogen functional groups attached to an aromatic ring is 1. The minimum absolute atomic E-state index is 0.0724. The van der Waals surface area contributed by atoms with Gasteiger partial charge in [0.25, 0.3) is 0 Å². The third kappa shape index (κ3) is 3.18. The zero-order valence-corrected chi connectivity index (χ0v) is 14.7. The second kappa shape index (κ2) is 6.46. The van der Waals surface area contributed by atoms with Gasteiger partial charge in [0.1, 0.15) is 11.7 Å². The summed E-state index contributed by atoms with van der Waals surface area (Å²) in [4.78, 5) is 7.99. The molecule has 6 N–H and O–H groups in total. The number of aromatic amines is 1. The fourth-order valence-corrected chi connectivity index (χ4v) is 3.01. The fraction of sp³-hybridized carbons (Fsp3) is 0. The fourth-order valence-electron chi connectivity index (χ4n) is 3.01. The van der Waals surface area contributed by atoms with Gasteiger partial charge in [-0.2, -0.15) is 0 Å². The summed E-state index contributed by atoms with van der Waals surface area (Å²) >= 11 is 0. The molecule has 1 heterocycles. The number of imidazole rings is 1. The number of H-pyrrole nitrogens is 1. The number of hydrogen-bond donors (Lipinski definition) is 4. The van der Waals surface area contributed by atoms with Gasteiger partial charge in [0, 0.05) is 16.8 Å². The van der Waals surface area contributed by atoms with Gasteiger partial charge in [0.05, 0.1) is 11.0 Å². The first-order valence-corrected chi connectivity index (χ1v) is 8.51. The van der Waals surface area contributed by atoms with Crippen LogP contribution in [0.15, 0.2) is 73.3 Å². The molecule has 0 amide bonds. The van der Waals surface area contributed by atoms with Crippen molar-refractivity contribution in [1.29, 1.82) is 5.41 Å². The Morgan fingerprint density at radius 2 is 1.37 bits per heavy atom. The quantitative estimate of drug-likeness (QED) is 0.328. The number of nitrogens with one attached hydrogen (secondary N) is 2. The summed E-state index contributed by atoms with van der Waals surface area (Å²) in [5.74, 6) is 0.881. The second-order valence-electron chi connectivity index (χ2n) is 6.41. The van der Waals surface area contributed by atoms with Gasteiger partial charge in [-0.05, 0) is 28.8 Å². The third-order valence-corrected chi connectivity index (χ3v) is 4.54. The smallest absolute Gasteiger partial charge is 0.138 e. The lowest BCUT2D eigenvalue weighted by molar-refractivity contribution is 1.34. The van der Waals surface area contributed by atoms with E-state index in [0.29, 0.717) is 5.70 Å². The van der Waals surface area contributed by atoms with Gasteiger partial charge in [-0.15, -0.1) is 0 Å². The lowest BCUT2D eigenvalue weighted by Crippen LogP contribution is -2.10. The Labute approximate surface area is 156 Å². The highest BCUT2D eigenvalue weighted by atomic mass is 14.9. The number of fused-ring (bicyclic) bond motifs is 1. The summed E-state index contributed by atoms with van der Waals surface area (Å²) in [6.45, 7) is 3.78. The van der Waals surface area contributed by atoms with E-state index in [1.807, 2.05) is 54.6 Å². The maximum absolute atomic E-state index is 7.47. The molecule has 0 aliphatic heterocycles. The molecule has 0 unspecified atom stereocenters. The molecular formula is C22H19N5. The van der Waals surface area contributed by atoms with E-state index in [2.05, 4.69) is 28.7 Å². The molecule has 132 valence electrons.